The molecule has 1 aromatic rings. The van der Waals surface area contributed by atoms with Crippen LogP contribution in [0.2, 0.25) is 0 Å². The number of aromatic nitrogens is 1. The van der Waals surface area contributed by atoms with Crippen LogP contribution in [0.15, 0.2) is 18.3 Å². The molecule has 6 heteroatoms. The van der Waals surface area contributed by atoms with Crippen molar-refractivity contribution in [1.29, 1.82) is 0 Å². The number of halogens is 4. The van der Waals surface area contributed by atoms with Crippen molar-refractivity contribution in [2.24, 2.45) is 0 Å². The second-order valence-electron chi connectivity index (χ2n) is 4.75. The van der Waals surface area contributed by atoms with Gasteiger partial charge in [-0.25, -0.2) is 4.98 Å². The van der Waals surface area contributed by atoms with E-state index >= 15 is 0 Å². The summed E-state index contributed by atoms with van der Waals surface area (Å²) in [5.41, 5.74) is -0.657. The van der Waals surface area contributed by atoms with Gasteiger partial charge < -0.3 is 4.90 Å². The van der Waals surface area contributed by atoms with Gasteiger partial charge in [-0.1, -0.05) is 12.8 Å². The standard InChI is InChI=1S/C13H16ClF3N2/c14-9-11-4-2-1-3-7-19(11)12-8-10(5-6-18-12)13(15,16)17/h5-6,8,11H,1-4,7,9H2. The molecule has 0 bridgehead atoms. The highest BCUT2D eigenvalue weighted by atomic mass is 35.5. The fourth-order valence-electron chi connectivity index (χ4n) is 2.39. The Balaban J connectivity index is 2.28. The molecule has 2 rings (SSSR count). The number of alkyl halides is 4. The van der Waals surface area contributed by atoms with Crippen molar-refractivity contribution in [3.63, 3.8) is 0 Å². The van der Waals surface area contributed by atoms with Crippen molar-refractivity contribution in [2.75, 3.05) is 17.3 Å². The summed E-state index contributed by atoms with van der Waals surface area (Å²) in [6.45, 7) is 0.714. The molecule has 0 radical (unpaired) electrons. The highest BCUT2D eigenvalue weighted by Gasteiger charge is 2.32. The minimum atomic E-state index is -4.33. The lowest BCUT2D eigenvalue weighted by Gasteiger charge is -2.30. The Bertz CT molecular complexity index is 423. The Hall–Kier alpha value is -0.970. The van der Waals surface area contributed by atoms with Gasteiger partial charge in [0.15, 0.2) is 0 Å². The largest absolute Gasteiger partial charge is 0.416 e. The molecule has 19 heavy (non-hydrogen) atoms. The zero-order valence-corrected chi connectivity index (χ0v) is 11.2. The number of hydrogen-bond donors (Lipinski definition) is 0. The zero-order valence-electron chi connectivity index (χ0n) is 10.5. The van der Waals surface area contributed by atoms with Crippen LogP contribution >= 0.6 is 11.6 Å². The van der Waals surface area contributed by atoms with Crippen molar-refractivity contribution in [1.82, 2.24) is 4.98 Å². The van der Waals surface area contributed by atoms with Crippen LogP contribution < -0.4 is 4.90 Å². The molecule has 0 aromatic carbocycles. The van der Waals surface area contributed by atoms with Crippen molar-refractivity contribution < 1.29 is 13.2 Å². The normalized spacial score (nSPS) is 21.3. The van der Waals surface area contributed by atoms with Crippen molar-refractivity contribution in [3.05, 3.63) is 23.9 Å². The molecule has 1 atom stereocenters. The molecule has 1 unspecified atom stereocenters. The van der Waals surface area contributed by atoms with Crippen LogP contribution in [0.4, 0.5) is 19.0 Å². The van der Waals surface area contributed by atoms with E-state index in [2.05, 4.69) is 4.98 Å². The average molecular weight is 293 g/mol. The SMILES string of the molecule is FC(F)(F)c1ccnc(N2CCCCCC2CCl)c1. The van der Waals surface area contributed by atoms with Gasteiger partial charge >= 0.3 is 6.18 Å². The van der Waals surface area contributed by atoms with Crippen LogP contribution in [-0.2, 0) is 6.18 Å². The maximum atomic E-state index is 12.7. The second kappa shape index (κ2) is 5.99. The summed E-state index contributed by atoms with van der Waals surface area (Å²) in [6.07, 6.45) is 0.900. The molecule has 106 valence electrons. The van der Waals surface area contributed by atoms with Crippen molar-refractivity contribution in [2.45, 2.75) is 37.9 Å². The quantitative estimate of drug-likeness (QED) is 0.763. The van der Waals surface area contributed by atoms with E-state index in [0.717, 1.165) is 37.8 Å². The molecule has 1 aliphatic rings. The molecule has 0 N–H and O–H groups in total. The van der Waals surface area contributed by atoms with Crippen molar-refractivity contribution in [3.8, 4) is 0 Å². The van der Waals surface area contributed by atoms with Gasteiger partial charge in [-0.15, -0.1) is 11.6 Å². The molecule has 0 amide bonds. The Kier molecular flexibility index (Phi) is 4.55. The van der Waals surface area contributed by atoms with Crippen LogP contribution in [0.25, 0.3) is 0 Å². The molecule has 2 nitrogen and oxygen atoms in total. The van der Waals surface area contributed by atoms with Crippen LogP contribution in [0.5, 0.6) is 0 Å². The third-order valence-corrected chi connectivity index (χ3v) is 3.78. The van der Waals surface area contributed by atoms with Gasteiger partial charge in [-0.3, -0.25) is 0 Å². The Labute approximate surface area is 115 Å². The number of anilines is 1. The summed E-state index contributed by atoms with van der Waals surface area (Å²) in [5.74, 6) is 0.792. The summed E-state index contributed by atoms with van der Waals surface area (Å²) < 4.78 is 38.2. The van der Waals surface area contributed by atoms with E-state index in [1.54, 1.807) is 0 Å². The van der Waals surface area contributed by atoms with Crippen LogP contribution in [0.3, 0.4) is 0 Å². The van der Waals surface area contributed by atoms with E-state index in [4.69, 9.17) is 11.6 Å². The van der Waals surface area contributed by atoms with E-state index in [1.165, 1.54) is 6.20 Å². The lowest BCUT2D eigenvalue weighted by Crippen LogP contribution is -2.37. The number of nitrogens with zero attached hydrogens (tertiary/aromatic N) is 2. The predicted molar refractivity (Wildman–Crippen MR) is 69.6 cm³/mol. The molecule has 1 aliphatic heterocycles. The molecular weight excluding hydrogens is 277 g/mol. The van der Waals surface area contributed by atoms with Gasteiger partial charge in [0.1, 0.15) is 5.82 Å². The first-order valence-electron chi connectivity index (χ1n) is 6.38. The summed E-state index contributed by atoms with van der Waals surface area (Å²) in [5, 5.41) is 0. The van der Waals surface area contributed by atoms with E-state index in [1.807, 2.05) is 4.90 Å². The third kappa shape index (κ3) is 3.53. The summed E-state index contributed by atoms with van der Waals surface area (Å²) >= 11 is 5.94. The highest BCUT2D eigenvalue weighted by Crippen LogP contribution is 2.32. The fourth-order valence-corrected chi connectivity index (χ4v) is 2.71. The topological polar surface area (TPSA) is 16.1 Å². The number of hydrogen-bond acceptors (Lipinski definition) is 2. The minimum Gasteiger partial charge on any atom is -0.352 e. The average Bonchev–Trinajstić information content (AvgIpc) is 2.62. The maximum Gasteiger partial charge on any atom is 0.416 e. The van der Waals surface area contributed by atoms with Gasteiger partial charge in [-0.05, 0) is 25.0 Å². The lowest BCUT2D eigenvalue weighted by atomic mass is 10.1. The van der Waals surface area contributed by atoms with E-state index < -0.39 is 11.7 Å². The van der Waals surface area contributed by atoms with Crippen molar-refractivity contribution >= 4 is 17.4 Å². The second-order valence-corrected chi connectivity index (χ2v) is 5.06. The molecule has 1 saturated heterocycles. The molecule has 0 saturated carbocycles. The molecular formula is C13H16ClF3N2. The van der Waals surface area contributed by atoms with Gasteiger partial charge in [0.25, 0.3) is 0 Å². The predicted octanol–water partition coefficient (Wildman–Crippen LogP) is 4.09. The Morgan fingerprint density at radius 1 is 1.32 bits per heavy atom. The first-order chi connectivity index (χ1) is 9.02. The third-order valence-electron chi connectivity index (χ3n) is 3.42. The molecule has 0 aliphatic carbocycles. The van der Waals surface area contributed by atoms with Gasteiger partial charge in [0, 0.05) is 24.7 Å². The number of pyridine rings is 1. The molecule has 1 aromatic heterocycles. The molecule has 1 fully saturated rings. The first kappa shape index (κ1) is 14.4. The van der Waals surface area contributed by atoms with Crippen LogP contribution in [0, 0.1) is 0 Å². The monoisotopic (exact) mass is 292 g/mol. The van der Waals surface area contributed by atoms with Gasteiger partial charge in [-0.2, -0.15) is 13.2 Å². The highest BCUT2D eigenvalue weighted by molar-refractivity contribution is 6.18. The van der Waals surface area contributed by atoms with E-state index in [0.29, 0.717) is 18.2 Å². The fraction of sp³-hybridized carbons (Fsp3) is 0.615. The number of rotatable bonds is 2. The van der Waals surface area contributed by atoms with Crippen LogP contribution in [0.1, 0.15) is 31.2 Å². The van der Waals surface area contributed by atoms with Crippen LogP contribution in [-0.4, -0.2) is 23.5 Å². The Morgan fingerprint density at radius 2 is 2.11 bits per heavy atom. The zero-order chi connectivity index (χ0) is 13.9. The van der Waals surface area contributed by atoms with Gasteiger partial charge in [0.05, 0.1) is 5.56 Å². The lowest BCUT2D eigenvalue weighted by molar-refractivity contribution is -0.137. The maximum absolute atomic E-state index is 12.7. The summed E-state index contributed by atoms with van der Waals surface area (Å²) in [7, 11) is 0. The molecule has 2 heterocycles. The molecule has 0 spiro atoms. The smallest absolute Gasteiger partial charge is 0.352 e. The van der Waals surface area contributed by atoms with Gasteiger partial charge in [0.2, 0.25) is 0 Å². The first-order valence-corrected chi connectivity index (χ1v) is 6.91. The Morgan fingerprint density at radius 3 is 2.79 bits per heavy atom. The summed E-state index contributed by atoms with van der Waals surface area (Å²) in [4.78, 5) is 6.00. The minimum absolute atomic E-state index is 0.0696. The summed E-state index contributed by atoms with van der Waals surface area (Å²) in [6, 6.07) is 2.18. The van der Waals surface area contributed by atoms with E-state index in [9.17, 15) is 13.2 Å². The van der Waals surface area contributed by atoms with E-state index in [-0.39, 0.29) is 6.04 Å².